The maximum atomic E-state index is 11.6. The van der Waals surface area contributed by atoms with Crippen LogP contribution in [0.25, 0.3) is 0 Å². The van der Waals surface area contributed by atoms with E-state index in [-0.39, 0.29) is 18.4 Å². The summed E-state index contributed by atoms with van der Waals surface area (Å²) in [6.07, 6.45) is 2.47. The second-order valence-electron chi connectivity index (χ2n) is 3.32. The van der Waals surface area contributed by atoms with Gasteiger partial charge < -0.3 is 10.6 Å². The quantitative estimate of drug-likeness (QED) is 0.693. The Bertz CT molecular complexity index is 429. The molecule has 5 nitrogen and oxygen atoms in total. The third-order valence-corrected chi connectivity index (χ3v) is 2.26. The maximum Gasteiger partial charge on any atom is 0.255 e. The molecular formula is C10H11N3O2. The predicted octanol–water partition coefficient (Wildman–Crippen LogP) is 0.326. The monoisotopic (exact) mass is 205 g/mol. The van der Waals surface area contributed by atoms with Gasteiger partial charge >= 0.3 is 0 Å². The van der Waals surface area contributed by atoms with E-state index in [1.165, 1.54) is 0 Å². The molecular weight excluding hydrogens is 194 g/mol. The number of pyridine rings is 1. The molecule has 0 radical (unpaired) electrons. The molecule has 2 N–H and O–H groups in total. The lowest BCUT2D eigenvalue weighted by Gasteiger charge is -2.05. The van der Waals surface area contributed by atoms with Gasteiger partial charge in [0.1, 0.15) is 5.82 Å². The molecule has 0 aromatic carbocycles. The molecule has 0 aliphatic carbocycles. The Morgan fingerprint density at radius 2 is 2.27 bits per heavy atom. The van der Waals surface area contributed by atoms with E-state index in [1.54, 1.807) is 12.3 Å². The van der Waals surface area contributed by atoms with Crippen LogP contribution in [0.1, 0.15) is 22.8 Å². The summed E-state index contributed by atoms with van der Waals surface area (Å²) in [5.74, 6) is -0.169. The van der Waals surface area contributed by atoms with Gasteiger partial charge in [0.25, 0.3) is 5.91 Å². The van der Waals surface area contributed by atoms with E-state index < -0.39 is 0 Å². The van der Waals surface area contributed by atoms with Crippen LogP contribution in [0, 0.1) is 0 Å². The Kier molecular flexibility index (Phi) is 2.37. The molecule has 2 rings (SSSR count). The molecule has 2 amide bonds. The van der Waals surface area contributed by atoms with Gasteiger partial charge in [-0.05, 0) is 18.1 Å². The number of amides is 2. The molecule has 0 spiro atoms. The van der Waals surface area contributed by atoms with Gasteiger partial charge in [-0.1, -0.05) is 6.92 Å². The van der Waals surface area contributed by atoms with Crippen molar-refractivity contribution in [1.82, 2.24) is 10.3 Å². The number of nitrogens with one attached hydrogen (secondary N) is 2. The summed E-state index contributed by atoms with van der Waals surface area (Å²) in [5, 5.41) is 5.08. The van der Waals surface area contributed by atoms with Crippen LogP contribution in [0.15, 0.2) is 12.3 Å². The molecule has 78 valence electrons. The number of aryl methyl sites for hydroxylation is 1. The van der Waals surface area contributed by atoms with E-state index in [2.05, 4.69) is 15.6 Å². The molecule has 0 unspecified atom stereocenters. The first-order valence-corrected chi connectivity index (χ1v) is 4.77. The van der Waals surface area contributed by atoms with Gasteiger partial charge in [0.15, 0.2) is 0 Å². The van der Waals surface area contributed by atoms with E-state index in [0.29, 0.717) is 11.4 Å². The maximum absolute atomic E-state index is 11.6. The van der Waals surface area contributed by atoms with Gasteiger partial charge in [0.05, 0.1) is 12.1 Å². The fraction of sp³-hybridized carbons (Fsp3) is 0.300. The summed E-state index contributed by atoms with van der Waals surface area (Å²) < 4.78 is 0. The highest BCUT2D eigenvalue weighted by atomic mass is 16.2. The van der Waals surface area contributed by atoms with E-state index in [0.717, 1.165) is 12.0 Å². The van der Waals surface area contributed by atoms with E-state index in [4.69, 9.17) is 0 Å². The second-order valence-corrected chi connectivity index (χ2v) is 3.32. The summed E-state index contributed by atoms with van der Waals surface area (Å²) in [7, 11) is 0. The third kappa shape index (κ3) is 1.81. The van der Waals surface area contributed by atoms with Gasteiger partial charge in [-0.3, -0.25) is 9.59 Å². The Hall–Kier alpha value is -1.91. The van der Waals surface area contributed by atoms with E-state index in [1.807, 2.05) is 6.92 Å². The van der Waals surface area contributed by atoms with Crippen molar-refractivity contribution in [3.63, 3.8) is 0 Å². The van der Waals surface area contributed by atoms with Crippen molar-refractivity contribution >= 4 is 17.6 Å². The topological polar surface area (TPSA) is 71.1 Å². The Balaban J connectivity index is 2.48. The molecule has 15 heavy (non-hydrogen) atoms. The van der Waals surface area contributed by atoms with Crippen LogP contribution in [0.4, 0.5) is 5.82 Å². The molecule has 1 aliphatic rings. The van der Waals surface area contributed by atoms with Gasteiger partial charge in [-0.15, -0.1) is 0 Å². The van der Waals surface area contributed by atoms with Gasteiger partial charge in [-0.2, -0.15) is 0 Å². The molecule has 0 atom stereocenters. The van der Waals surface area contributed by atoms with Crippen molar-refractivity contribution < 1.29 is 9.59 Å². The Morgan fingerprint density at radius 3 is 3.00 bits per heavy atom. The minimum absolute atomic E-state index is 0.00332. The van der Waals surface area contributed by atoms with Crippen molar-refractivity contribution in [1.29, 1.82) is 0 Å². The number of carbonyl (C=O) groups excluding carboxylic acids is 2. The van der Waals surface area contributed by atoms with Crippen LogP contribution in [-0.2, 0) is 11.2 Å². The van der Waals surface area contributed by atoms with Crippen LogP contribution in [0.3, 0.4) is 0 Å². The first kappa shape index (κ1) is 9.64. The number of rotatable bonds is 1. The SMILES string of the molecule is CCc1cnc2c(c1)C(=O)NCC(=O)N2. The van der Waals surface area contributed by atoms with Crippen molar-refractivity contribution in [2.45, 2.75) is 13.3 Å². The number of aromatic nitrogens is 1. The first-order valence-electron chi connectivity index (χ1n) is 4.77. The minimum Gasteiger partial charge on any atom is -0.343 e. The van der Waals surface area contributed by atoms with Crippen molar-refractivity contribution in [3.8, 4) is 0 Å². The van der Waals surface area contributed by atoms with E-state index in [9.17, 15) is 9.59 Å². The zero-order valence-corrected chi connectivity index (χ0v) is 8.33. The van der Waals surface area contributed by atoms with Crippen molar-refractivity contribution in [3.05, 3.63) is 23.4 Å². The molecule has 1 aromatic rings. The number of fused-ring (bicyclic) bond motifs is 1. The average Bonchev–Trinajstić information content (AvgIpc) is 2.39. The van der Waals surface area contributed by atoms with Crippen LogP contribution in [0.5, 0.6) is 0 Å². The predicted molar refractivity (Wildman–Crippen MR) is 54.6 cm³/mol. The fourth-order valence-corrected chi connectivity index (χ4v) is 1.41. The lowest BCUT2D eigenvalue weighted by molar-refractivity contribution is -0.115. The smallest absolute Gasteiger partial charge is 0.255 e. The van der Waals surface area contributed by atoms with Gasteiger partial charge in [0, 0.05) is 6.20 Å². The minimum atomic E-state index is -0.258. The zero-order valence-electron chi connectivity index (χ0n) is 8.33. The highest BCUT2D eigenvalue weighted by Gasteiger charge is 2.19. The first-order chi connectivity index (χ1) is 7.20. The van der Waals surface area contributed by atoms with Gasteiger partial charge in [0.2, 0.25) is 5.91 Å². The Morgan fingerprint density at radius 1 is 1.47 bits per heavy atom. The van der Waals surface area contributed by atoms with Crippen LogP contribution in [-0.4, -0.2) is 23.3 Å². The van der Waals surface area contributed by atoms with Crippen molar-refractivity contribution in [2.24, 2.45) is 0 Å². The lowest BCUT2D eigenvalue weighted by Crippen LogP contribution is -2.28. The summed E-state index contributed by atoms with van der Waals surface area (Å²) in [5.41, 5.74) is 1.40. The average molecular weight is 205 g/mol. The Labute approximate surface area is 86.9 Å². The lowest BCUT2D eigenvalue weighted by atomic mass is 10.1. The number of anilines is 1. The number of hydrogen-bond donors (Lipinski definition) is 2. The molecule has 5 heteroatoms. The zero-order chi connectivity index (χ0) is 10.8. The summed E-state index contributed by atoms with van der Waals surface area (Å²) in [6.45, 7) is 1.98. The number of nitrogens with zero attached hydrogens (tertiary/aromatic N) is 1. The molecule has 0 bridgehead atoms. The molecule has 0 saturated heterocycles. The fourth-order valence-electron chi connectivity index (χ4n) is 1.41. The largest absolute Gasteiger partial charge is 0.343 e. The standard InChI is InChI=1S/C10H11N3O2/c1-2-6-3-7-9(11-4-6)13-8(14)5-12-10(7)15/h3-4H,2,5H2,1H3,(H,12,15)(H,11,13,14). The molecule has 2 heterocycles. The van der Waals surface area contributed by atoms with Gasteiger partial charge in [-0.25, -0.2) is 4.98 Å². The number of hydrogen-bond acceptors (Lipinski definition) is 3. The molecule has 1 aromatic heterocycles. The molecule has 0 saturated carbocycles. The summed E-state index contributed by atoms with van der Waals surface area (Å²) >= 11 is 0. The number of carbonyl (C=O) groups is 2. The summed E-state index contributed by atoms with van der Waals surface area (Å²) in [6, 6.07) is 1.75. The second kappa shape index (κ2) is 3.68. The highest BCUT2D eigenvalue weighted by Crippen LogP contribution is 2.16. The summed E-state index contributed by atoms with van der Waals surface area (Å²) in [4.78, 5) is 26.8. The van der Waals surface area contributed by atoms with E-state index >= 15 is 0 Å². The highest BCUT2D eigenvalue weighted by molar-refractivity contribution is 6.07. The van der Waals surface area contributed by atoms with Crippen LogP contribution in [0.2, 0.25) is 0 Å². The van der Waals surface area contributed by atoms with Crippen LogP contribution >= 0.6 is 0 Å². The van der Waals surface area contributed by atoms with Crippen LogP contribution < -0.4 is 10.6 Å². The normalized spacial score (nSPS) is 15.0. The third-order valence-electron chi connectivity index (χ3n) is 2.26. The molecule has 1 aliphatic heterocycles. The molecule has 0 fully saturated rings. The van der Waals surface area contributed by atoms with Crippen molar-refractivity contribution in [2.75, 3.05) is 11.9 Å².